The monoisotopic (exact) mass is 280 g/mol. The average molecular weight is 280 g/mol. The van der Waals surface area contributed by atoms with Crippen LogP contribution in [0.2, 0.25) is 0 Å². The Kier molecular flexibility index (Phi) is 1.93. The van der Waals surface area contributed by atoms with E-state index in [1.807, 2.05) is 6.92 Å². The fourth-order valence-electron chi connectivity index (χ4n) is 6.27. The maximum absolute atomic E-state index is 12.3. The van der Waals surface area contributed by atoms with E-state index in [1.54, 1.807) is 0 Å². The summed E-state index contributed by atoms with van der Waals surface area (Å²) in [5.74, 6) is -1.02. The van der Waals surface area contributed by atoms with Crippen LogP contribution in [-0.2, 0) is 19.1 Å². The number of rotatable bonds is 0. The van der Waals surface area contributed by atoms with Gasteiger partial charge in [-0.05, 0) is 30.6 Å². The number of esters is 2. The van der Waals surface area contributed by atoms with E-state index in [0.29, 0.717) is 6.42 Å². The van der Waals surface area contributed by atoms with Crippen molar-refractivity contribution in [2.45, 2.75) is 51.7 Å². The Morgan fingerprint density at radius 2 is 1.95 bits per heavy atom. The first kappa shape index (κ1) is 12.6. The van der Waals surface area contributed by atoms with Gasteiger partial charge in [-0.1, -0.05) is 20.8 Å². The Morgan fingerprint density at radius 3 is 2.65 bits per heavy atom. The second-order valence-electron chi connectivity index (χ2n) is 7.94. The number of aliphatic hydroxyl groups is 1. The van der Waals surface area contributed by atoms with Gasteiger partial charge >= 0.3 is 11.9 Å². The van der Waals surface area contributed by atoms with E-state index < -0.39 is 34.5 Å². The molecule has 0 bridgehead atoms. The summed E-state index contributed by atoms with van der Waals surface area (Å²) < 4.78 is 10.6. The molecule has 5 nitrogen and oxygen atoms in total. The molecule has 2 aliphatic heterocycles. The SMILES string of the molecule is CC1(C)C[C@]2(C)COC(=O)[C@H]3OC(=O)[C@]4(O)CC[C@@H]1[C@@]324. The molecule has 4 rings (SSSR count). The lowest BCUT2D eigenvalue weighted by atomic mass is 9.55. The minimum atomic E-state index is -1.52. The summed E-state index contributed by atoms with van der Waals surface area (Å²) in [7, 11) is 0. The molecule has 4 aliphatic rings. The van der Waals surface area contributed by atoms with Crippen LogP contribution in [0.3, 0.4) is 0 Å². The standard InChI is InChI=1S/C15H20O5/c1-12(2)6-13(3)7-19-10(16)9-15(13)8(12)4-5-14(15,18)11(17)20-9/h8-9,18H,4-7H2,1-3H3/t8-,9+,13+,14+,15+/m0/s1. The second kappa shape index (κ2) is 3.06. The van der Waals surface area contributed by atoms with Crippen LogP contribution < -0.4 is 0 Å². The van der Waals surface area contributed by atoms with Crippen LogP contribution in [0.4, 0.5) is 0 Å². The van der Waals surface area contributed by atoms with E-state index in [1.165, 1.54) is 0 Å². The largest absolute Gasteiger partial charge is 0.462 e. The van der Waals surface area contributed by atoms with Gasteiger partial charge in [0.1, 0.15) is 0 Å². The Morgan fingerprint density at radius 1 is 1.25 bits per heavy atom. The molecule has 5 atom stereocenters. The molecule has 5 heteroatoms. The number of cyclic esters (lactones) is 1. The zero-order valence-electron chi connectivity index (χ0n) is 12.1. The van der Waals surface area contributed by atoms with Crippen molar-refractivity contribution in [1.29, 1.82) is 0 Å². The molecule has 2 saturated carbocycles. The van der Waals surface area contributed by atoms with E-state index in [4.69, 9.17) is 9.47 Å². The van der Waals surface area contributed by atoms with Gasteiger partial charge in [0.2, 0.25) is 6.10 Å². The molecule has 0 unspecified atom stereocenters. The van der Waals surface area contributed by atoms with E-state index in [9.17, 15) is 14.7 Å². The second-order valence-corrected chi connectivity index (χ2v) is 7.94. The Bertz CT molecular complexity index is 540. The predicted octanol–water partition coefficient (Wildman–Crippen LogP) is 1.03. The van der Waals surface area contributed by atoms with Gasteiger partial charge in [-0.15, -0.1) is 0 Å². The maximum Gasteiger partial charge on any atom is 0.348 e. The summed E-state index contributed by atoms with van der Waals surface area (Å²) in [6, 6.07) is 0. The molecular formula is C15H20O5. The number of hydrogen-bond donors (Lipinski definition) is 1. The first-order valence-electron chi connectivity index (χ1n) is 7.29. The smallest absolute Gasteiger partial charge is 0.348 e. The van der Waals surface area contributed by atoms with Crippen molar-refractivity contribution >= 4 is 11.9 Å². The van der Waals surface area contributed by atoms with Crippen LogP contribution >= 0.6 is 0 Å². The molecule has 2 heterocycles. The molecule has 0 radical (unpaired) electrons. The van der Waals surface area contributed by atoms with E-state index in [-0.39, 0.29) is 17.9 Å². The predicted molar refractivity (Wildman–Crippen MR) is 67.5 cm³/mol. The molecule has 110 valence electrons. The zero-order chi connectivity index (χ0) is 14.6. The number of hydrogen-bond acceptors (Lipinski definition) is 5. The lowest BCUT2D eigenvalue weighted by Gasteiger charge is -2.50. The molecular weight excluding hydrogens is 260 g/mol. The fraction of sp³-hybridized carbons (Fsp3) is 0.867. The highest BCUT2D eigenvalue weighted by molar-refractivity contribution is 5.92. The minimum Gasteiger partial charge on any atom is -0.462 e. The highest BCUT2D eigenvalue weighted by Gasteiger charge is 2.86. The average Bonchev–Trinajstić information content (AvgIpc) is 2.84. The van der Waals surface area contributed by atoms with Gasteiger partial charge in [0.05, 0.1) is 12.0 Å². The summed E-state index contributed by atoms with van der Waals surface area (Å²) in [5.41, 5.74) is -2.78. The van der Waals surface area contributed by atoms with Crippen LogP contribution in [0.25, 0.3) is 0 Å². The van der Waals surface area contributed by atoms with Crippen molar-refractivity contribution in [2.24, 2.45) is 22.2 Å². The lowest BCUT2D eigenvalue weighted by molar-refractivity contribution is -0.202. The van der Waals surface area contributed by atoms with Gasteiger partial charge in [0.15, 0.2) is 5.60 Å². The first-order chi connectivity index (χ1) is 9.19. The van der Waals surface area contributed by atoms with Crippen LogP contribution in [0, 0.1) is 22.2 Å². The van der Waals surface area contributed by atoms with Crippen molar-refractivity contribution in [2.75, 3.05) is 6.61 Å². The molecule has 0 aromatic carbocycles. The van der Waals surface area contributed by atoms with Gasteiger partial charge in [0.25, 0.3) is 0 Å². The van der Waals surface area contributed by atoms with Crippen molar-refractivity contribution in [3.05, 3.63) is 0 Å². The number of carbonyl (C=O) groups excluding carboxylic acids is 2. The van der Waals surface area contributed by atoms with Gasteiger partial charge in [0, 0.05) is 5.41 Å². The van der Waals surface area contributed by atoms with E-state index in [0.717, 1.165) is 12.8 Å². The summed E-state index contributed by atoms with van der Waals surface area (Å²) >= 11 is 0. The van der Waals surface area contributed by atoms with Crippen LogP contribution in [0.5, 0.6) is 0 Å². The summed E-state index contributed by atoms with van der Waals surface area (Å²) in [6.07, 6.45) is 1.04. The van der Waals surface area contributed by atoms with Gasteiger partial charge < -0.3 is 14.6 Å². The fourth-order valence-corrected chi connectivity index (χ4v) is 6.27. The van der Waals surface area contributed by atoms with Crippen LogP contribution in [-0.4, -0.2) is 35.4 Å². The number of ether oxygens (including phenoxy) is 2. The topological polar surface area (TPSA) is 72.8 Å². The summed E-state index contributed by atoms with van der Waals surface area (Å²) in [6.45, 7) is 6.62. The third-order valence-electron chi connectivity index (χ3n) is 6.54. The van der Waals surface area contributed by atoms with Crippen molar-refractivity contribution in [3.63, 3.8) is 0 Å². The molecule has 0 aromatic heterocycles. The van der Waals surface area contributed by atoms with Crippen molar-refractivity contribution in [1.82, 2.24) is 0 Å². The van der Waals surface area contributed by atoms with Crippen molar-refractivity contribution < 1.29 is 24.2 Å². The molecule has 1 N–H and O–H groups in total. The quantitative estimate of drug-likeness (QED) is 0.671. The molecule has 2 aliphatic carbocycles. The van der Waals surface area contributed by atoms with E-state index in [2.05, 4.69) is 13.8 Å². The highest BCUT2D eigenvalue weighted by Crippen LogP contribution is 2.77. The summed E-state index contributed by atoms with van der Waals surface area (Å²) in [4.78, 5) is 24.4. The molecule has 1 spiro atoms. The lowest BCUT2D eigenvalue weighted by Crippen LogP contribution is -2.63. The van der Waals surface area contributed by atoms with Gasteiger partial charge in [-0.25, -0.2) is 9.59 Å². The Labute approximate surface area is 117 Å². The molecule has 4 fully saturated rings. The van der Waals surface area contributed by atoms with Crippen molar-refractivity contribution in [3.8, 4) is 0 Å². The number of carbonyl (C=O) groups is 2. The summed E-state index contributed by atoms with van der Waals surface area (Å²) in [5, 5.41) is 11.1. The molecule has 0 aromatic rings. The first-order valence-corrected chi connectivity index (χ1v) is 7.29. The third-order valence-corrected chi connectivity index (χ3v) is 6.54. The Balaban J connectivity index is 2.03. The Hall–Kier alpha value is -1.10. The highest BCUT2D eigenvalue weighted by atomic mass is 16.6. The molecule has 20 heavy (non-hydrogen) atoms. The molecule has 0 amide bonds. The van der Waals surface area contributed by atoms with E-state index >= 15 is 0 Å². The molecule has 2 saturated heterocycles. The van der Waals surface area contributed by atoms with Crippen LogP contribution in [0.1, 0.15) is 40.0 Å². The normalized spacial score (nSPS) is 55.2. The maximum atomic E-state index is 12.3. The van der Waals surface area contributed by atoms with Gasteiger partial charge in [-0.2, -0.15) is 0 Å². The van der Waals surface area contributed by atoms with Crippen LogP contribution in [0.15, 0.2) is 0 Å². The third kappa shape index (κ3) is 0.955. The van der Waals surface area contributed by atoms with Gasteiger partial charge in [-0.3, -0.25) is 0 Å². The minimum absolute atomic E-state index is 0.0422. The zero-order valence-corrected chi connectivity index (χ0v) is 12.1.